The SMILES string of the molecule is O=C(Cn1nnn(-c2ccccc2Cl)c1=O)Nc1ccc(F)c(F)c1F. The standard InChI is InChI=1S/C15H9ClF3N5O2/c16-8-3-1-2-4-11(8)24-15(26)23(21-22-24)7-12(25)20-10-6-5-9(17)13(18)14(10)19/h1-6H,7H2,(H,20,25). The first-order valence-electron chi connectivity index (χ1n) is 7.09. The molecule has 1 amide bonds. The highest BCUT2D eigenvalue weighted by molar-refractivity contribution is 6.32. The van der Waals surface area contributed by atoms with Crippen LogP contribution in [0.25, 0.3) is 5.69 Å². The Bertz CT molecular complexity index is 1050. The zero-order chi connectivity index (χ0) is 18.8. The van der Waals surface area contributed by atoms with Crippen LogP contribution in [-0.2, 0) is 11.3 Å². The lowest BCUT2D eigenvalue weighted by atomic mass is 10.2. The number of carbonyl (C=O) groups excluding carboxylic acids is 1. The van der Waals surface area contributed by atoms with E-state index in [0.717, 1.165) is 10.7 Å². The molecule has 0 bridgehead atoms. The normalized spacial score (nSPS) is 10.8. The van der Waals surface area contributed by atoms with Gasteiger partial charge in [-0.2, -0.15) is 9.36 Å². The van der Waals surface area contributed by atoms with Gasteiger partial charge in [-0.05, 0) is 34.7 Å². The van der Waals surface area contributed by atoms with Gasteiger partial charge >= 0.3 is 5.69 Å². The highest BCUT2D eigenvalue weighted by Gasteiger charge is 2.17. The van der Waals surface area contributed by atoms with Crippen LogP contribution in [0.1, 0.15) is 0 Å². The zero-order valence-electron chi connectivity index (χ0n) is 12.8. The molecular weight excluding hydrogens is 375 g/mol. The van der Waals surface area contributed by atoms with Gasteiger partial charge < -0.3 is 5.32 Å². The third-order valence-corrected chi connectivity index (χ3v) is 3.64. The van der Waals surface area contributed by atoms with Crippen molar-refractivity contribution in [3.63, 3.8) is 0 Å². The number of benzene rings is 2. The van der Waals surface area contributed by atoms with Gasteiger partial charge in [-0.15, -0.1) is 0 Å². The van der Waals surface area contributed by atoms with Crippen molar-refractivity contribution >= 4 is 23.2 Å². The summed E-state index contributed by atoms with van der Waals surface area (Å²) in [5.41, 5.74) is -1.07. The number of aromatic nitrogens is 4. The van der Waals surface area contributed by atoms with Crippen molar-refractivity contribution in [2.45, 2.75) is 6.54 Å². The summed E-state index contributed by atoms with van der Waals surface area (Å²) in [7, 11) is 0. The molecule has 0 fully saturated rings. The van der Waals surface area contributed by atoms with E-state index in [4.69, 9.17) is 11.6 Å². The Labute approximate surface area is 148 Å². The molecule has 0 atom stereocenters. The van der Waals surface area contributed by atoms with Gasteiger partial charge in [-0.25, -0.2) is 18.0 Å². The molecule has 26 heavy (non-hydrogen) atoms. The van der Waals surface area contributed by atoms with Crippen molar-refractivity contribution in [3.05, 3.63) is 69.4 Å². The van der Waals surface area contributed by atoms with Crippen molar-refractivity contribution in [1.82, 2.24) is 19.8 Å². The van der Waals surface area contributed by atoms with Crippen molar-refractivity contribution in [2.24, 2.45) is 0 Å². The highest BCUT2D eigenvalue weighted by Crippen LogP contribution is 2.19. The maximum atomic E-state index is 13.6. The summed E-state index contributed by atoms with van der Waals surface area (Å²) in [4.78, 5) is 24.2. The molecule has 0 aliphatic carbocycles. The molecule has 1 heterocycles. The third kappa shape index (κ3) is 3.31. The molecule has 0 aliphatic heterocycles. The first-order valence-corrected chi connectivity index (χ1v) is 7.47. The number of carbonyl (C=O) groups is 1. The monoisotopic (exact) mass is 383 g/mol. The van der Waals surface area contributed by atoms with E-state index in [1.54, 1.807) is 18.2 Å². The summed E-state index contributed by atoms with van der Waals surface area (Å²) in [6.45, 7) is -0.623. The van der Waals surface area contributed by atoms with Crippen LogP contribution in [0.5, 0.6) is 0 Å². The van der Waals surface area contributed by atoms with Crippen LogP contribution in [0.4, 0.5) is 18.9 Å². The van der Waals surface area contributed by atoms with E-state index in [1.807, 2.05) is 5.32 Å². The lowest BCUT2D eigenvalue weighted by molar-refractivity contribution is -0.117. The Morgan fingerprint density at radius 3 is 2.54 bits per heavy atom. The second-order valence-corrected chi connectivity index (χ2v) is 5.46. The second-order valence-electron chi connectivity index (χ2n) is 5.05. The largest absolute Gasteiger partial charge is 0.369 e. The number of hydrogen-bond donors (Lipinski definition) is 1. The highest BCUT2D eigenvalue weighted by atomic mass is 35.5. The number of anilines is 1. The van der Waals surface area contributed by atoms with Gasteiger partial charge in [0, 0.05) is 0 Å². The molecule has 1 N–H and O–H groups in total. The summed E-state index contributed by atoms with van der Waals surface area (Å²) >= 11 is 5.97. The summed E-state index contributed by atoms with van der Waals surface area (Å²) in [5, 5.41) is 9.43. The average Bonchev–Trinajstić information content (AvgIpc) is 2.96. The smallest absolute Gasteiger partial charge is 0.322 e. The van der Waals surface area contributed by atoms with Crippen LogP contribution < -0.4 is 11.0 Å². The number of amides is 1. The number of hydrogen-bond acceptors (Lipinski definition) is 4. The molecule has 0 spiro atoms. The van der Waals surface area contributed by atoms with Crippen LogP contribution in [-0.4, -0.2) is 25.7 Å². The average molecular weight is 384 g/mol. The number of halogens is 4. The predicted molar refractivity (Wildman–Crippen MR) is 85.6 cm³/mol. The fourth-order valence-electron chi connectivity index (χ4n) is 2.10. The Morgan fingerprint density at radius 1 is 1.08 bits per heavy atom. The van der Waals surface area contributed by atoms with Crippen LogP contribution in [0.3, 0.4) is 0 Å². The van der Waals surface area contributed by atoms with Crippen molar-refractivity contribution < 1.29 is 18.0 Å². The van der Waals surface area contributed by atoms with Gasteiger partial charge in [-0.3, -0.25) is 4.79 Å². The Hall–Kier alpha value is -3.14. The van der Waals surface area contributed by atoms with Crippen LogP contribution >= 0.6 is 11.6 Å². The third-order valence-electron chi connectivity index (χ3n) is 3.32. The fraction of sp³-hybridized carbons (Fsp3) is 0.0667. The summed E-state index contributed by atoms with van der Waals surface area (Å²) in [6.07, 6.45) is 0. The molecule has 3 aromatic rings. The molecule has 0 saturated carbocycles. The number of rotatable bonds is 4. The Balaban J connectivity index is 1.80. The molecule has 2 aromatic carbocycles. The van der Waals surface area contributed by atoms with Gasteiger partial charge in [0.1, 0.15) is 6.54 Å². The van der Waals surface area contributed by atoms with E-state index in [1.165, 1.54) is 6.07 Å². The van der Waals surface area contributed by atoms with Crippen LogP contribution in [0.2, 0.25) is 5.02 Å². The number of tetrazole rings is 1. The quantitative estimate of drug-likeness (QED) is 0.700. The van der Waals surface area contributed by atoms with Crippen molar-refractivity contribution in [3.8, 4) is 5.69 Å². The predicted octanol–water partition coefficient (Wildman–Crippen LogP) is 2.14. The lowest BCUT2D eigenvalue weighted by Gasteiger charge is -2.06. The summed E-state index contributed by atoms with van der Waals surface area (Å²) in [6, 6.07) is 7.87. The number of para-hydroxylation sites is 1. The molecule has 7 nitrogen and oxygen atoms in total. The molecule has 1 aromatic heterocycles. The second kappa shape index (κ2) is 7.00. The van der Waals surface area contributed by atoms with E-state index in [2.05, 4.69) is 10.4 Å². The molecule has 0 aliphatic rings. The van der Waals surface area contributed by atoms with E-state index in [0.29, 0.717) is 10.7 Å². The van der Waals surface area contributed by atoms with Crippen LogP contribution in [0.15, 0.2) is 41.2 Å². The Morgan fingerprint density at radius 2 is 1.81 bits per heavy atom. The molecule has 3 rings (SSSR count). The first kappa shape index (κ1) is 17.7. The maximum Gasteiger partial charge on any atom is 0.369 e. The van der Waals surface area contributed by atoms with Gasteiger partial charge in [0.25, 0.3) is 0 Å². The maximum absolute atomic E-state index is 13.6. The van der Waals surface area contributed by atoms with Gasteiger partial charge in [0.2, 0.25) is 5.91 Å². The zero-order valence-corrected chi connectivity index (χ0v) is 13.5. The van der Waals surface area contributed by atoms with Crippen LogP contribution in [0, 0.1) is 17.5 Å². The molecule has 0 saturated heterocycles. The van der Waals surface area contributed by atoms with E-state index >= 15 is 0 Å². The first-order chi connectivity index (χ1) is 12.4. The van der Waals surface area contributed by atoms with E-state index in [-0.39, 0.29) is 10.7 Å². The number of nitrogens with one attached hydrogen (secondary N) is 1. The molecular formula is C15H9ClF3N5O2. The van der Waals surface area contributed by atoms with Crippen molar-refractivity contribution in [2.75, 3.05) is 5.32 Å². The topological polar surface area (TPSA) is 81.8 Å². The minimum Gasteiger partial charge on any atom is -0.322 e. The minimum atomic E-state index is -1.72. The van der Waals surface area contributed by atoms with Gasteiger partial charge in [0.05, 0.1) is 16.4 Å². The minimum absolute atomic E-state index is 0.245. The van der Waals surface area contributed by atoms with Crippen molar-refractivity contribution in [1.29, 1.82) is 0 Å². The summed E-state index contributed by atoms with van der Waals surface area (Å²) < 4.78 is 41.2. The van der Waals surface area contributed by atoms with E-state index < -0.39 is 41.3 Å². The number of nitrogens with zero attached hydrogens (tertiary/aromatic N) is 4. The lowest BCUT2D eigenvalue weighted by Crippen LogP contribution is -2.30. The Kier molecular flexibility index (Phi) is 4.76. The van der Waals surface area contributed by atoms with E-state index in [9.17, 15) is 22.8 Å². The van der Waals surface area contributed by atoms with Gasteiger partial charge in [-0.1, -0.05) is 23.7 Å². The van der Waals surface area contributed by atoms with Gasteiger partial charge in [0.15, 0.2) is 17.5 Å². The molecule has 0 unspecified atom stereocenters. The molecule has 134 valence electrons. The summed E-state index contributed by atoms with van der Waals surface area (Å²) in [5.74, 6) is -5.54. The fourth-order valence-corrected chi connectivity index (χ4v) is 2.31. The molecule has 0 radical (unpaired) electrons. The molecule has 11 heteroatoms.